The predicted molar refractivity (Wildman–Crippen MR) is 62.7 cm³/mol. The number of benzene rings is 1. The summed E-state index contributed by atoms with van der Waals surface area (Å²) in [6.07, 6.45) is 0.871. The van der Waals surface area contributed by atoms with Gasteiger partial charge < -0.3 is 24.7 Å². The molecule has 0 amide bonds. The molecule has 1 aliphatic heterocycles. The first-order valence-electron chi connectivity index (χ1n) is 5.31. The van der Waals surface area contributed by atoms with Gasteiger partial charge in [-0.25, -0.2) is 4.57 Å². The fourth-order valence-electron chi connectivity index (χ4n) is 1.63. The van der Waals surface area contributed by atoms with Crippen molar-refractivity contribution in [2.75, 3.05) is 6.54 Å². The lowest BCUT2D eigenvalue weighted by atomic mass is 10.0. The average molecular weight is 297 g/mol. The van der Waals surface area contributed by atoms with Crippen LogP contribution in [0.25, 0.3) is 0 Å². The summed E-state index contributed by atoms with van der Waals surface area (Å²) in [5.41, 5.74) is 2.26. The van der Waals surface area contributed by atoms with Gasteiger partial charge in [-0.2, -0.15) is 8.78 Å². The summed E-state index contributed by atoms with van der Waals surface area (Å²) in [7, 11) is -4.64. The molecule has 1 aromatic rings. The molecule has 19 heavy (non-hydrogen) atoms. The molecule has 0 bridgehead atoms. The molecular formula is C10H14F2NO5P. The largest absolute Gasteiger partial charge is 0.466 e. The van der Waals surface area contributed by atoms with E-state index in [2.05, 4.69) is 10.1 Å². The first kappa shape index (κ1) is 16.0. The van der Waals surface area contributed by atoms with E-state index in [1.54, 1.807) is 12.1 Å². The number of halogens is 2. The molecule has 0 spiro atoms. The summed E-state index contributed by atoms with van der Waals surface area (Å²) in [5, 5.41) is 3.21. The number of phosphoric acid groups is 1. The van der Waals surface area contributed by atoms with E-state index in [1.807, 2.05) is 6.07 Å². The quantitative estimate of drug-likeness (QED) is 0.608. The highest BCUT2D eigenvalue weighted by Gasteiger charge is 2.11. The molecule has 0 saturated heterocycles. The minimum absolute atomic E-state index is 0.251. The van der Waals surface area contributed by atoms with Crippen LogP contribution in [0.4, 0.5) is 8.78 Å². The van der Waals surface area contributed by atoms with Gasteiger partial charge in [0.25, 0.3) is 0 Å². The lowest BCUT2D eigenvalue weighted by Gasteiger charge is -2.17. The molecule has 0 aliphatic carbocycles. The number of rotatable bonds is 2. The summed E-state index contributed by atoms with van der Waals surface area (Å²) >= 11 is 0. The van der Waals surface area contributed by atoms with E-state index < -0.39 is 14.4 Å². The lowest BCUT2D eigenvalue weighted by molar-refractivity contribution is -0.0499. The molecule has 9 heteroatoms. The smallest absolute Gasteiger partial charge is 0.435 e. The summed E-state index contributed by atoms with van der Waals surface area (Å²) < 4.78 is 37.0. The zero-order chi connectivity index (χ0) is 14.5. The number of fused-ring (bicyclic) bond motifs is 1. The second kappa shape index (κ2) is 6.93. The average Bonchev–Trinajstić information content (AvgIpc) is 2.26. The van der Waals surface area contributed by atoms with Crippen molar-refractivity contribution in [1.82, 2.24) is 5.32 Å². The van der Waals surface area contributed by atoms with Gasteiger partial charge in [0.15, 0.2) is 0 Å². The summed E-state index contributed by atoms with van der Waals surface area (Å²) in [4.78, 5) is 21.6. The van der Waals surface area contributed by atoms with Gasteiger partial charge in [-0.1, -0.05) is 6.07 Å². The number of nitrogens with one attached hydrogen (secondary N) is 1. The predicted octanol–water partition coefficient (Wildman–Crippen LogP) is 1.01. The first-order chi connectivity index (χ1) is 8.75. The Kier molecular flexibility index (Phi) is 5.84. The van der Waals surface area contributed by atoms with E-state index in [4.69, 9.17) is 19.2 Å². The van der Waals surface area contributed by atoms with Crippen LogP contribution in [0, 0.1) is 0 Å². The van der Waals surface area contributed by atoms with Crippen LogP contribution in [0.2, 0.25) is 0 Å². The summed E-state index contributed by atoms with van der Waals surface area (Å²) in [6, 6.07) is 5.11. The number of hydrogen-bond donors (Lipinski definition) is 4. The molecule has 0 unspecified atom stereocenters. The standard InChI is InChI=1S/C10H11F2NO.H3O4P/c11-10(12)14-9-2-1-8-6-13-4-3-7(8)5-9;1-5(2,3)4/h1-2,5,10,13H,3-4,6H2;(H3,1,2,3,4). The Morgan fingerprint density at radius 3 is 2.47 bits per heavy atom. The van der Waals surface area contributed by atoms with E-state index >= 15 is 0 Å². The third-order valence-corrected chi connectivity index (χ3v) is 2.29. The Morgan fingerprint density at radius 2 is 1.89 bits per heavy atom. The highest BCUT2D eigenvalue weighted by molar-refractivity contribution is 7.45. The van der Waals surface area contributed by atoms with Crippen molar-refractivity contribution < 1.29 is 32.8 Å². The van der Waals surface area contributed by atoms with Crippen LogP contribution in [0.5, 0.6) is 5.75 Å². The van der Waals surface area contributed by atoms with Gasteiger partial charge in [0.2, 0.25) is 0 Å². The molecular weight excluding hydrogens is 283 g/mol. The Balaban J connectivity index is 0.000000312. The molecule has 0 aromatic heterocycles. The van der Waals surface area contributed by atoms with Crippen molar-refractivity contribution in [3.63, 3.8) is 0 Å². The van der Waals surface area contributed by atoms with Crippen molar-refractivity contribution >= 4 is 7.82 Å². The number of alkyl halides is 2. The minimum Gasteiger partial charge on any atom is -0.435 e. The lowest BCUT2D eigenvalue weighted by Crippen LogP contribution is -2.23. The molecule has 2 rings (SSSR count). The van der Waals surface area contributed by atoms with Crippen LogP contribution in [-0.4, -0.2) is 27.8 Å². The maximum Gasteiger partial charge on any atom is 0.466 e. The molecule has 0 saturated carbocycles. The Labute approximate surface area is 108 Å². The van der Waals surface area contributed by atoms with Crippen molar-refractivity contribution in [3.8, 4) is 5.75 Å². The van der Waals surface area contributed by atoms with E-state index in [1.165, 1.54) is 0 Å². The van der Waals surface area contributed by atoms with Crippen molar-refractivity contribution in [2.45, 2.75) is 19.6 Å². The SMILES string of the molecule is FC(F)Oc1ccc2c(c1)CCNC2.O=P(O)(O)O. The molecule has 1 heterocycles. The third kappa shape index (κ3) is 7.19. The van der Waals surface area contributed by atoms with Crippen LogP contribution in [-0.2, 0) is 17.5 Å². The van der Waals surface area contributed by atoms with Crippen molar-refractivity contribution in [3.05, 3.63) is 29.3 Å². The van der Waals surface area contributed by atoms with Gasteiger partial charge in [0, 0.05) is 6.54 Å². The number of hydrogen-bond acceptors (Lipinski definition) is 3. The molecule has 108 valence electrons. The van der Waals surface area contributed by atoms with Crippen LogP contribution < -0.4 is 10.1 Å². The first-order valence-corrected chi connectivity index (χ1v) is 6.88. The zero-order valence-electron chi connectivity index (χ0n) is 9.79. The Hall–Kier alpha value is -1.05. The van der Waals surface area contributed by atoms with Gasteiger partial charge in [-0.3, -0.25) is 0 Å². The molecule has 1 aromatic carbocycles. The monoisotopic (exact) mass is 297 g/mol. The van der Waals surface area contributed by atoms with E-state index in [0.29, 0.717) is 0 Å². The third-order valence-electron chi connectivity index (χ3n) is 2.29. The van der Waals surface area contributed by atoms with E-state index in [0.717, 1.165) is 30.6 Å². The second-order valence-electron chi connectivity index (χ2n) is 3.75. The molecule has 0 fully saturated rings. The number of ether oxygens (including phenoxy) is 1. The highest BCUT2D eigenvalue weighted by Crippen LogP contribution is 2.25. The second-order valence-corrected chi connectivity index (χ2v) is 4.78. The fraction of sp³-hybridized carbons (Fsp3) is 0.400. The Morgan fingerprint density at radius 1 is 1.26 bits per heavy atom. The molecule has 0 radical (unpaired) electrons. The van der Waals surface area contributed by atoms with Crippen LogP contribution in [0.3, 0.4) is 0 Å². The molecule has 1 aliphatic rings. The molecule has 6 nitrogen and oxygen atoms in total. The van der Waals surface area contributed by atoms with Gasteiger partial charge in [-0.15, -0.1) is 0 Å². The molecule has 0 atom stereocenters. The van der Waals surface area contributed by atoms with E-state index in [9.17, 15) is 8.78 Å². The maximum atomic E-state index is 11.9. The van der Waals surface area contributed by atoms with Gasteiger partial charge >= 0.3 is 14.4 Å². The zero-order valence-corrected chi connectivity index (χ0v) is 10.7. The summed E-state index contributed by atoms with van der Waals surface area (Å²) in [5.74, 6) is 0.251. The van der Waals surface area contributed by atoms with Gasteiger partial charge in [0.1, 0.15) is 5.75 Å². The summed E-state index contributed by atoms with van der Waals surface area (Å²) in [6.45, 7) is -1.04. The maximum absolute atomic E-state index is 11.9. The van der Waals surface area contributed by atoms with Gasteiger partial charge in [0.05, 0.1) is 0 Å². The van der Waals surface area contributed by atoms with Gasteiger partial charge in [-0.05, 0) is 36.2 Å². The highest BCUT2D eigenvalue weighted by atomic mass is 31.2. The normalized spacial score (nSPS) is 14.4. The minimum atomic E-state index is -4.64. The fourth-order valence-corrected chi connectivity index (χ4v) is 1.63. The Bertz CT molecular complexity index is 457. The van der Waals surface area contributed by atoms with Crippen molar-refractivity contribution in [2.24, 2.45) is 0 Å². The van der Waals surface area contributed by atoms with E-state index in [-0.39, 0.29) is 5.75 Å². The van der Waals surface area contributed by atoms with Crippen molar-refractivity contribution in [1.29, 1.82) is 0 Å². The van der Waals surface area contributed by atoms with Crippen LogP contribution in [0.1, 0.15) is 11.1 Å². The topological polar surface area (TPSA) is 99.0 Å². The van der Waals surface area contributed by atoms with Crippen LogP contribution >= 0.6 is 7.82 Å². The molecule has 4 N–H and O–H groups in total. The van der Waals surface area contributed by atoms with Crippen LogP contribution in [0.15, 0.2) is 18.2 Å².